The average molecular weight is 257 g/mol. The topological polar surface area (TPSA) is 3.24 Å². The summed E-state index contributed by atoms with van der Waals surface area (Å²) in [5, 5.41) is 0. The molecule has 0 amide bonds. The lowest BCUT2D eigenvalue weighted by atomic mass is 9.99. The Bertz CT molecular complexity index is 361. The lowest BCUT2D eigenvalue weighted by molar-refractivity contribution is -0.137. The van der Waals surface area contributed by atoms with Gasteiger partial charge in [0.1, 0.15) is 0 Å². The first-order valence-electron chi connectivity index (χ1n) is 6.36. The minimum Gasteiger partial charge on any atom is -0.303 e. The Kier molecular flexibility index (Phi) is 4.27. The first-order chi connectivity index (χ1) is 8.53. The van der Waals surface area contributed by atoms with Crippen LogP contribution in [0.15, 0.2) is 30.3 Å². The molecule has 0 saturated carbocycles. The highest BCUT2D eigenvalue weighted by molar-refractivity contribution is 5.15. The van der Waals surface area contributed by atoms with E-state index < -0.39 is 12.6 Å². The van der Waals surface area contributed by atoms with Crippen LogP contribution in [0.4, 0.5) is 13.2 Å². The second-order valence-corrected chi connectivity index (χ2v) is 5.01. The molecule has 1 heterocycles. The third-order valence-electron chi connectivity index (χ3n) is 3.45. The van der Waals surface area contributed by atoms with Crippen molar-refractivity contribution in [1.29, 1.82) is 0 Å². The van der Waals surface area contributed by atoms with Crippen molar-refractivity contribution in [3.63, 3.8) is 0 Å². The van der Waals surface area contributed by atoms with Gasteiger partial charge in [-0.3, -0.25) is 0 Å². The molecule has 1 aliphatic heterocycles. The Morgan fingerprint density at radius 2 is 1.89 bits per heavy atom. The largest absolute Gasteiger partial charge is 0.390 e. The molecule has 0 aliphatic carbocycles. The SMILES string of the molecule is FC(F)(F)CCN1CCC(Cc2ccccc2)C1. The van der Waals surface area contributed by atoms with Crippen LogP contribution in [0.25, 0.3) is 0 Å². The first kappa shape index (κ1) is 13.4. The number of rotatable bonds is 4. The van der Waals surface area contributed by atoms with E-state index in [1.165, 1.54) is 5.56 Å². The van der Waals surface area contributed by atoms with Gasteiger partial charge in [-0.1, -0.05) is 30.3 Å². The molecule has 100 valence electrons. The van der Waals surface area contributed by atoms with Crippen molar-refractivity contribution in [1.82, 2.24) is 4.90 Å². The summed E-state index contributed by atoms with van der Waals surface area (Å²) in [6.07, 6.45) is -2.74. The smallest absolute Gasteiger partial charge is 0.303 e. The molecule has 0 N–H and O–H groups in total. The molecule has 1 aromatic carbocycles. The number of hydrogen-bond acceptors (Lipinski definition) is 1. The van der Waals surface area contributed by atoms with Gasteiger partial charge in [0.05, 0.1) is 6.42 Å². The minimum atomic E-state index is -4.03. The van der Waals surface area contributed by atoms with Crippen LogP contribution in [0.2, 0.25) is 0 Å². The molecule has 0 aromatic heterocycles. The summed E-state index contributed by atoms with van der Waals surface area (Å²) in [6, 6.07) is 10.2. The van der Waals surface area contributed by atoms with Crippen LogP contribution in [0.1, 0.15) is 18.4 Å². The highest BCUT2D eigenvalue weighted by Crippen LogP contribution is 2.24. The molecule has 0 spiro atoms. The van der Waals surface area contributed by atoms with Gasteiger partial charge in [-0.25, -0.2) is 0 Å². The van der Waals surface area contributed by atoms with Crippen LogP contribution >= 0.6 is 0 Å². The summed E-state index contributed by atoms with van der Waals surface area (Å²) < 4.78 is 36.4. The summed E-state index contributed by atoms with van der Waals surface area (Å²) in [5.74, 6) is 0.501. The van der Waals surface area contributed by atoms with Gasteiger partial charge in [0, 0.05) is 13.1 Å². The third kappa shape index (κ3) is 4.33. The number of halogens is 3. The fourth-order valence-electron chi connectivity index (χ4n) is 2.51. The van der Waals surface area contributed by atoms with Crippen LogP contribution in [-0.2, 0) is 6.42 Å². The predicted octanol–water partition coefficient (Wildman–Crippen LogP) is 3.50. The first-order valence-corrected chi connectivity index (χ1v) is 6.36. The maximum absolute atomic E-state index is 12.1. The lowest BCUT2D eigenvalue weighted by Crippen LogP contribution is -2.26. The molecule has 2 rings (SSSR count). The molecule has 1 aliphatic rings. The number of likely N-dealkylation sites (tertiary alicyclic amines) is 1. The molecule has 1 saturated heterocycles. The van der Waals surface area contributed by atoms with Gasteiger partial charge in [-0.2, -0.15) is 13.2 Å². The van der Waals surface area contributed by atoms with Crippen molar-refractivity contribution in [2.24, 2.45) is 5.92 Å². The standard InChI is InChI=1S/C14H18F3N/c15-14(16,17)7-9-18-8-6-13(11-18)10-12-4-2-1-3-5-12/h1-5,13H,6-11H2. The predicted molar refractivity (Wildman–Crippen MR) is 65.4 cm³/mol. The Morgan fingerprint density at radius 1 is 1.17 bits per heavy atom. The molecular weight excluding hydrogens is 239 g/mol. The number of benzene rings is 1. The fraction of sp³-hybridized carbons (Fsp3) is 0.571. The highest BCUT2D eigenvalue weighted by Gasteiger charge is 2.30. The van der Waals surface area contributed by atoms with Crippen LogP contribution in [0.3, 0.4) is 0 Å². The zero-order valence-corrected chi connectivity index (χ0v) is 10.3. The van der Waals surface area contributed by atoms with E-state index >= 15 is 0 Å². The van der Waals surface area contributed by atoms with Gasteiger partial charge >= 0.3 is 6.18 Å². The summed E-state index contributed by atoms with van der Waals surface area (Å²) in [7, 11) is 0. The fourth-order valence-corrected chi connectivity index (χ4v) is 2.51. The highest BCUT2D eigenvalue weighted by atomic mass is 19.4. The van der Waals surface area contributed by atoms with Crippen molar-refractivity contribution in [2.45, 2.75) is 25.4 Å². The van der Waals surface area contributed by atoms with E-state index in [0.717, 1.165) is 25.9 Å². The quantitative estimate of drug-likeness (QED) is 0.798. The summed E-state index contributed by atoms with van der Waals surface area (Å²) in [6.45, 7) is 1.74. The van der Waals surface area contributed by atoms with E-state index in [4.69, 9.17) is 0 Å². The lowest BCUT2D eigenvalue weighted by Gasteiger charge is -2.17. The van der Waals surface area contributed by atoms with E-state index in [1.807, 2.05) is 23.1 Å². The zero-order chi connectivity index (χ0) is 13.0. The molecule has 0 radical (unpaired) electrons. The molecule has 1 unspecified atom stereocenters. The summed E-state index contributed by atoms with van der Waals surface area (Å²) >= 11 is 0. The molecule has 18 heavy (non-hydrogen) atoms. The van der Waals surface area contributed by atoms with Crippen molar-refractivity contribution in [3.8, 4) is 0 Å². The Balaban J connectivity index is 1.75. The molecule has 1 fully saturated rings. The molecular formula is C14H18F3N. The van der Waals surface area contributed by atoms with E-state index in [9.17, 15) is 13.2 Å². The summed E-state index contributed by atoms with van der Waals surface area (Å²) in [5.41, 5.74) is 1.28. The zero-order valence-electron chi connectivity index (χ0n) is 10.3. The van der Waals surface area contributed by atoms with Crippen molar-refractivity contribution in [2.75, 3.05) is 19.6 Å². The van der Waals surface area contributed by atoms with Gasteiger partial charge in [0.15, 0.2) is 0 Å². The number of alkyl halides is 3. The summed E-state index contributed by atoms with van der Waals surface area (Å²) in [4.78, 5) is 1.93. The van der Waals surface area contributed by atoms with Gasteiger partial charge in [-0.15, -0.1) is 0 Å². The minimum absolute atomic E-state index is 0.148. The van der Waals surface area contributed by atoms with E-state index in [1.54, 1.807) is 0 Å². The molecule has 1 nitrogen and oxygen atoms in total. The maximum Gasteiger partial charge on any atom is 0.390 e. The van der Waals surface area contributed by atoms with Crippen molar-refractivity contribution < 1.29 is 13.2 Å². The van der Waals surface area contributed by atoms with Gasteiger partial charge in [0.25, 0.3) is 0 Å². The Labute approximate surface area is 106 Å². The Hall–Kier alpha value is -1.03. The van der Waals surface area contributed by atoms with Crippen LogP contribution in [0.5, 0.6) is 0 Å². The molecule has 4 heteroatoms. The average Bonchev–Trinajstić information content (AvgIpc) is 2.75. The Morgan fingerprint density at radius 3 is 2.56 bits per heavy atom. The van der Waals surface area contributed by atoms with Gasteiger partial charge < -0.3 is 4.90 Å². The van der Waals surface area contributed by atoms with E-state index in [2.05, 4.69) is 12.1 Å². The number of hydrogen-bond donors (Lipinski definition) is 0. The second kappa shape index (κ2) is 5.74. The maximum atomic E-state index is 12.1. The second-order valence-electron chi connectivity index (χ2n) is 5.01. The third-order valence-corrected chi connectivity index (χ3v) is 3.45. The van der Waals surface area contributed by atoms with Crippen molar-refractivity contribution in [3.05, 3.63) is 35.9 Å². The molecule has 0 bridgehead atoms. The van der Waals surface area contributed by atoms with Gasteiger partial charge in [0.2, 0.25) is 0 Å². The monoisotopic (exact) mass is 257 g/mol. The van der Waals surface area contributed by atoms with E-state index in [0.29, 0.717) is 5.92 Å². The van der Waals surface area contributed by atoms with E-state index in [-0.39, 0.29) is 6.54 Å². The molecule has 1 aromatic rings. The normalized spacial score (nSPS) is 21.4. The van der Waals surface area contributed by atoms with Crippen molar-refractivity contribution >= 4 is 0 Å². The molecule has 1 atom stereocenters. The van der Waals surface area contributed by atoms with Gasteiger partial charge in [-0.05, 0) is 30.9 Å². The van der Waals surface area contributed by atoms with Crippen LogP contribution < -0.4 is 0 Å². The number of nitrogens with zero attached hydrogens (tertiary/aromatic N) is 1. The van der Waals surface area contributed by atoms with Crippen LogP contribution in [-0.4, -0.2) is 30.7 Å². The van der Waals surface area contributed by atoms with Crippen LogP contribution in [0, 0.1) is 5.92 Å².